The second-order valence-corrected chi connectivity index (χ2v) is 28.5. The standard InChI is InChI=1S/C37H38Cl2FN7O.C37H36Cl2FN7O/c2*1-22(48)24-6-5-7-25(17-24)29(34-21-47(45-44-34)28-10-12-46(13-11-28)37(2,3)4)14-23-15-30-35(43-27-8-9-33(40)31(38)18-27)26(19-41)20-42-36(30)32(39)16-23/h5-9,15-18,20-22,28-29,48H,10-14H2,1-4H3,(H,42,43);5-9,15-18,20-21,28-29H,10-14H2,1-4H3,(H,42,43)/t22?,29-;29-/m00/s1. The molecule has 0 saturated carbocycles. The fraction of sp³-hybridized carbons (Fsp3) is 0.338. The summed E-state index contributed by atoms with van der Waals surface area (Å²) >= 11 is 25.8. The maximum atomic E-state index is 13.9. The highest BCUT2D eigenvalue weighted by Crippen LogP contribution is 2.41. The molecule has 4 aromatic heterocycles. The Morgan fingerprint density at radius 1 is 0.594 bits per heavy atom. The molecule has 6 heterocycles. The number of piperidine rings is 2. The van der Waals surface area contributed by atoms with Crippen molar-refractivity contribution in [3.05, 3.63) is 222 Å². The molecule has 0 aliphatic carbocycles. The van der Waals surface area contributed by atoms with E-state index in [0.717, 1.165) is 91.1 Å². The average molecular weight is 1370 g/mol. The largest absolute Gasteiger partial charge is 0.389 e. The Kier molecular flexibility index (Phi) is 20.9. The number of anilines is 4. The summed E-state index contributed by atoms with van der Waals surface area (Å²) < 4.78 is 31.8. The first-order chi connectivity index (χ1) is 45.8. The quantitative estimate of drug-likeness (QED) is 0.0771. The summed E-state index contributed by atoms with van der Waals surface area (Å²) in [6.07, 6.45) is 11.3. The van der Waals surface area contributed by atoms with Crippen molar-refractivity contribution in [2.45, 2.75) is 135 Å². The number of aromatic nitrogens is 8. The van der Waals surface area contributed by atoms with E-state index in [9.17, 15) is 29.2 Å². The Morgan fingerprint density at radius 3 is 1.41 bits per heavy atom. The van der Waals surface area contributed by atoms with Crippen molar-refractivity contribution in [2.24, 2.45) is 0 Å². The van der Waals surface area contributed by atoms with E-state index in [0.29, 0.717) is 84.1 Å². The predicted octanol–water partition coefficient (Wildman–Crippen LogP) is 17.7. The molecule has 96 heavy (non-hydrogen) atoms. The summed E-state index contributed by atoms with van der Waals surface area (Å²) in [7, 11) is 0. The topological polar surface area (TPSA) is 203 Å². The number of benzene rings is 6. The Labute approximate surface area is 577 Å². The summed E-state index contributed by atoms with van der Waals surface area (Å²) in [6.45, 7) is 20.8. The van der Waals surface area contributed by atoms with Gasteiger partial charge in [0, 0.05) is 102 Å². The molecule has 10 aromatic rings. The maximum absolute atomic E-state index is 13.9. The van der Waals surface area contributed by atoms with Gasteiger partial charge in [0.25, 0.3) is 0 Å². The number of aliphatic hydroxyl groups is 1. The number of hydrogen-bond acceptors (Lipinski definition) is 14. The number of pyridine rings is 2. The van der Waals surface area contributed by atoms with E-state index in [-0.39, 0.29) is 50.8 Å². The number of ketones is 1. The summed E-state index contributed by atoms with van der Waals surface area (Å²) in [4.78, 5) is 26.4. The molecule has 494 valence electrons. The number of nitriles is 2. The number of carbonyl (C=O) groups is 1. The van der Waals surface area contributed by atoms with Crippen LogP contribution in [0.4, 0.5) is 31.5 Å². The lowest BCUT2D eigenvalue weighted by atomic mass is 9.87. The molecular formula is C74H74Cl4F2N14O2. The number of likely N-dealkylation sites (tertiary alicyclic amines) is 2. The molecule has 0 amide bonds. The lowest BCUT2D eigenvalue weighted by molar-refractivity contribution is 0.0864. The number of Topliss-reactive ketones (excluding diaryl/α,β-unsaturated/α-hetero) is 1. The van der Waals surface area contributed by atoms with E-state index < -0.39 is 17.7 Å². The minimum Gasteiger partial charge on any atom is -0.389 e. The lowest BCUT2D eigenvalue weighted by Crippen LogP contribution is -2.46. The third kappa shape index (κ3) is 15.7. The van der Waals surface area contributed by atoms with Gasteiger partial charge in [-0.2, -0.15) is 10.5 Å². The predicted molar refractivity (Wildman–Crippen MR) is 376 cm³/mol. The normalized spacial score (nSPS) is 15.3. The Bertz CT molecular complexity index is 4610. The van der Waals surface area contributed by atoms with Crippen molar-refractivity contribution in [1.82, 2.24) is 49.8 Å². The Morgan fingerprint density at radius 2 is 1.01 bits per heavy atom. The zero-order valence-corrected chi connectivity index (χ0v) is 57.7. The highest BCUT2D eigenvalue weighted by Gasteiger charge is 2.32. The maximum Gasteiger partial charge on any atom is 0.159 e. The number of hydrogen-bond donors (Lipinski definition) is 3. The Balaban J connectivity index is 0.000000195. The first kappa shape index (κ1) is 68.9. The van der Waals surface area contributed by atoms with E-state index in [1.807, 2.05) is 88.4 Å². The SMILES string of the molecule is CC(=O)c1cccc([C@H](Cc2cc(Cl)c3ncc(C#N)c(Nc4ccc(F)c(Cl)c4)c3c2)c2cn(C3CCN(C(C)(C)C)CC3)nn2)c1.CC(O)c1cccc([C@H](Cc2cc(Cl)c3ncc(C#N)c(Nc4ccc(F)c(Cl)c4)c3c2)c2cn(C3CCN(C(C)(C)C)CC3)nn2)c1. The van der Waals surface area contributed by atoms with Crippen molar-refractivity contribution in [1.29, 1.82) is 10.5 Å². The van der Waals surface area contributed by atoms with Crippen molar-refractivity contribution < 1.29 is 18.7 Å². The van der Waals surface area contributed by atoms with Gasteiger partial charge in [0.15, 0.2) is 5.78 Å². The van der Waals surface area contributed by atoms with Crippen LogP contribution in [0.5, 0.6) is 0 Å². The van der Waals surface area contributed by atoms with Gasteiger partial charge in [0.2, 0.25) is 0 Å². The smallest absolute Gasteiger partial charge is 0.159 e. The summed E-state index contributed by atoms with van der Waals surface area (Å²) in [5, 5.41) is 57.5. The van der Waals surface area contributed by atoms with Crippen LogP contribution < -0.4 is 10.6 Å². The molecular weight excluding hydrogens is 1300 g/mol. The van der Waals surface area contributed by atoms with Crippen LogP contribution in [0.2, 0.25) is 20.1 Å². The van der Waals surface area contributed by atoms with Gasteiger partial charge in [0.1, 0.15) is 23.8 Å². The van der Waals surface area contributed by atoms with E-state index in [2.05, 4.69) is 106 Å². The van der Waals surface area contributed by atoms with Crippen LogP contribution in [-0.2, 0) is 12.8 Å². The molecule has 12 rings (SSSR count). The van der Waals surface area contributed by atoms with Gasteiger partial charge in [0.05, 0.1) is 83.2 Å². The van der Waals surface area contributed by atoms with Gasteiger partial charge in [-0.15, -0.1) is 10.2 Å². The monoisotopic (exact) mass is 1370 g/mol. The number of aliphatic hydroxyl groups excluding tert-OH is 1. The van der Waals surface area contributed by atoms with Gasteiger partial charge in [-0.3, -0.25) is 24.6 Å². The molecule has 0 spiro atoms. The minimum absolute atomic E-state index is 0.0228. The van der Waals surface area contributed by atoms with E-state index in [4.69, 9.17) is 51.5 Å². The molecule has 0 radical (unpaired) electrons. The molecule has 16 nitrogen and oxygen atoms in total. The molecule has 22 heteroatoms. The number of rotatable bonds is 16. The molecule has 0 bridgehead atoms. The number of carbonyl (C=O) groups excluding carboxylic acids is 1. The second kappa shape index (κ2) is 29.1. The van der Waals surface area contributed by atoms with Crippen LogP contribution in [0.25, 0.3) is 21.8 Å². The molecule has 2 fully saturated rings. The van der Waals surface area contributed by atoms with Crippen LogP contribution in [0.3, 0.4) is 0 Å². The highest BCUT2D eigenvalue weighted by molar-refractivity contribution is 6.36. The second-order valence-electron chi connectivity index (χ2n) is 26.8. The number of fused-ring (bicyclic) bond motifs is 2. The minimum atomic E-state index is -0.631. The third-order valence-electron chi connectivity index (χ3n) is 18.3. The van der Waals surface area contributed by atoms with Gasteiger partial charge >= 0.3 is 0 Å². The van der Waals surface area contributed by atoms with Gasteiger partial charge < -0.3 is 15.7 Å². The van der Waals surface area contributed by atoms with Gasteiger partial charge in [-0.25, -0.2) is 18.1 Å². The zero-order chi connectivity index (χ0) is 68.3. The first-order valence-electron chi connectivity index (χ1n) is 32.0. The van der Waals surface area contributed by atoms with Crippen LogP contribution in [-0.4, -0.2) is 97.9 Å². The van der Waals surface area contributed by atoms with Crippen LogP contribution in [0.1, 0.15) is 172 Å². The van der Waals surface area contributed by atoms with E-state index >= 15 is 0 Å². The fourth-order valence-corrected chi connectivity index (χ4v) is 13.8. The van der Waals surface area contributed by atoms with Gasteiger partial charge in [-0.05, 0) is 188 Å². The molecule has 6 aromatic carbocycles. The van der Waals surface area contributed by atoms with E-state index in [1.165, 1.54) is 36.7 Å². The molecule has 2 aliphatic heterocycles. The van der Waals surface area contributed by atoms with Gasteiger partial charge in [-0.1, -0.05) is 99.3 Å². The van der Waals surface area contributed by atoms with Crippen molar-refractivity contribution in [2.75, 3.05) is 36.8 Å². The number of halogens is 6. The lowest BCUT2D eigenvalue weighted by Gasteiger charge is -2.40. The van der Waals surface area contributed by atoms with Crippen molar-refractivity contribution >= 4 is 96.7 Å². The van der Waals surface area contributed by atoms with Crippen LogP contribution in [0, 0.1) is 34.3 Å². The zero-order valence-electron chi connectivity index (χ0n) is 54.6. The van der Waals surface area contributed by atoms with Crippen LogP contribution >= 0.6 is 46.4 Å². The third-order valence-corrected chi connectivity index (χ3v) is 19.5. The molecule has 2 aliphatic rings. The summed E-state index contributed by atoms with van der Waals surface area (Å²) in [5.41, 5.74) is 10.6. The summed E-state index contributed by atoms with van der Waals surface area (Å²) in [6, 6.07) is 36.7. The van der Waals surface area contributed by atoms with E-state index in [1.54, 1.807) is 26.0 Å². The number of nitrogens with one attached hydrogen (secondary N) is 2. The van der Waals surface area contributed by atoms with Crippen molar-refractivity contribution in [3.8, 4) is 12.1 Å². The highest BCUT2D eigenvalue weighted by atomic mass is 35.5. The Hall–Kier alpha value is -8.43. The summed E-state index contributed by atoms with van der Waals surface area (Å²) in [5.74, 6) is -1.56. The molecule has 2 saturated heterocycles. The average Bonchev–Trinajstić information content (AvgIpc) is 0.894. The molecule has 3 atom stereocenters. The van der Waals surface area contributed by atoms with Crippen molar-refractivity contribution in [3.63, 3.8) is 0 Å². The first-order valence-corrected chi connectivity index (χ1v) is 33.5. The fourth-order valence-electron chi connectivity index (χ4n) is 12.9. The molecule has 3 N–H and O–H groups in total. The van der Waals surface area contributed by atoms with Crippen LogP contribution in [0.15, 0.2) is 134 Å². The number of nitrogens with zero attached hydrogens (tertiary/aromatic N) is 12. The molecule has 1 unspecified atom stereocenters.